The number of hydrogen-bond acceptors (Lipinski definition) is 5. The lowest BCUT2D eigenvalue weighted by atomic mass is 10.1. The third-order valence-corrected chi connectivity index (χ3v) is 3.84. The third-order valence-electron chi connectivity index (χ3n) is 3.84. The maximum Gasteiger partial charge on any atom is 0.461 e. The minimum atomic E-state index is -5.87. The summed E-state index contributed by atoms with van der Waals surface area (Å²) in [5.41, 5.74) is 0.531. The Morgan fingerprint density at radius 2 is 1.93 bits per heavy atom. The molecule has 0 atom stereocenters. The van der Waals surface area contributed by atoms with Crippen LogP contribution in [0.1, 0.15) is 17.0 Å². The number of hydrogen-bond donors (Lipinski definition) is 0. The van der Waals surface area contributed by atoms with Crippen LogP contribution in [0.4, 0.5) is 27.6 Å². The molecule has 3 aromatic rings. The van der Waals surface area contributed by atoms with E-state index in [1.807, 2.05) is 0 Å². The Morgan fingerprint density at radius 3 is 2.46 bits per heavy atom. The minimum absolute atomic E-state index is 0.0599. The second-order valence-corrected chi connectivity index (χ2v) is 5.84. The van der Waals surface area contributed by atoms with Gasteiger partial charge in [-0.1, -0.05) is 6.07 Å². The summed E-state index contributed by atoms with van der Waals surface area (Å²) < 4.78 is 71.2. The van der Waals surface area contributed by atoms with Crippen LogP contribution in [0.3, 0.4) is 0 Å². The van der Waals surface area contributed by atoms with Crippen LogP contribution in [0.2, 0.25) is 0 Å². The molecule has 0 unspecified atom stereocenters. The fraction of sp³-hybridized carbons (Fsp3) is 0.250. The van der Waals surface area contributed by atoms with Gasteiger partial charge < -0.3 is 4.42 Å². The fourth-order valence-corrected chi connectivity index (χ4v) is 2.49. The van der Waals surface area contributed by atoms with Crippen molar-refractivity contribution in [2.75, 3.05) is 0 Å². The molecule has 0 aliphatic heterocycles. The van der Waals surface area contributed by atoms with E-state index in [0.717, 1.165) is 4.68 Å². The highest BCUT2D eigenvalue weighted by Gasteiger charge is 2.62. The number of alkyl halides is 5. The molecule has 0 fully saturated rings. The zero-order valence-electron chi connectivity index (χ0n) is 14.1. The van der Waals surface area contributed by atoms with E-state index in [0.29, 0.717) is 11.1 Å². The highest BCUT2D eigenvalue weighted by Crippen LogP contribution is 2.43. The molecule has 0 saturated carbocycles. The highest BCUT2D eigenvalue weighted by molar-refractivity contribution is 5.48. The summed E-state index contributed by atoms with van der Waals surface area (Å²) in [6.07, 6.45) is -4.67. The first kappa shape index (κ1) is 19.5. The highest BCUT2D eigenvalue weighted by atomic mass is 19.4. The Hall–Kier alpha value is -3.31. The van der Waals surface area contributed by atoms with Gasteiger partial charge in [-0.2, -0.15) is 22.0 Å². The second-order valence-electron chi connectivity index (χ2n) is 5.84. The SMILES string of the molecule is Cc1cc(Cn2nc(C(F)(F)C(F)(F)F)nc2-c2ccco2)ccc1[N+](=O)[O-]. The molecule has 2 heterocycles. The van der Waals surface area contributed by atoms with Gasteiger partial charge in [0, 0.05) is 11.6 Å². The predicted octanol–water partition coefficient (Wildman–Crippen LogP) is 4.46. The standard InChI is InChI=1S/C16H11F5N4O3/c1-9-7-10(4-5-11(9)25(26)27)8-24-13(12-3-2-6-28-12)22-14(23-24)15(17,18)16(19,20)21/h2-7H,8H2,1H3. The van der Waals surface area contributed by atoms with Gasteiger partial charge in [-0.25, -0.2) is 9.67 Å². The number of benzene rings is 1. The number of nitrogens with zero attached hydrogens (tertiary/aromatic N) is 4. The zero-order chi connectivity index (χ0) is 20.7. The number of aryl methyl sites for hydroxylation is 1. The topological polar surface area (TPSA) is 87.0 Å². The lowest BCUT2D eigenvalue weighted by Gasteiger charge is -2.15. The molecule has 0 N–H and O–H groups in total. The average molecular weight is 402 g/mol. The first-order valence-corrected chi connectivity index (χ1v) is 7.68. The quantitative estimate of drug-likeness (QED) is 0.357. The average Bonchev–Trinajstić information content (AvgIpc) is 3.22. The van der Waals surface area contributed by atoms with Crippen LogP contribution < -0.4 is 0 Å². The molecule has 12 heteroatoms. The molecule has 0 radical (unpaired) electrons. The molecule has 0 saturated heterocycles. The van der Waals surface area contributed by atoms with Crippen molar-refractivity contribution in [1.82, 2.24) is 14.8 Å². The van der Waals surface area contributed by atoms with Gasteiger partial charge >= 0.3 is 12.1 Å². The minimum Gasteiger partial charge on any atom is -0.461 e. The molecular weight excluding hydrogens is 391 g/mol. The smallest absolute Gasteiger partial charge is 0.461 e. The van der Waals surface area contributed by atoms with E-state index in [9.17, 15) is 32.1 Å². The van der Waals surface area contributed by atoms with E-state index < -0.39 is 22.8 Å². The second kappa shape index (κ2) is 6.69. The van der Waals surface area contributed by atoms with Crippen molar-refractivity contribution in [2.45, 2.75) is 25.6 Å². The van der Waals surface area contributed by atoms with Gasteiger partial charge in [-0.05, 0) is 30.7 Å². The van der Waals surface area contributed by atoms with Gasteiger partial charge in [0.05, 0.1) is 17.7 Å². The number of rotatable bonds is 5. The molecule has 2 aromatic heterocycles. The van der Waals surface area contributed by atoms with Gasteiger partial charge in [-0.3, -0.25) is 10.1 Å². The number of nitro benzene ring substituents is 1. The van der Waals surface area contributed by atoms with E-state index in [2.05, 4.69) is 10.1 Å². The number of furan rings is 1. The van der Waals surface area contributed by atoms with E-state index in [4.69, 9.17) is 4.42 Å². The summed E-state index contributed by atoms with van der Waals surface area (Å²) in [7, 11) is 0. The Morgan fingerprint density at radius 1 is 1.21 bits per heavy atom. The van der Waals surface area contributed by atoms with Crippen LogP contribution in [0.5, 0.6) is 0 Å². The molecule has 1 aromatic carbocycles. The fourth-order valence-electron chi connectivity index (χ4n) is 2.49. The maximum atomic E-state index is 13.7. The summed E-state index contributed by atoms with van der Waals surface area (Å²) >= 11 is 0. The molecule has 0 spiro atoms. The number of aromatic nitrogens is 3. The van der Waals surface area contributed by atoms with Crippen LogP contribution in [0.25, 0.3) is 11.6 Å². The number of nitro groups is 1. The summed E-state index contributed by atoms with van der Waals surface area (Å²) in [4.78, 5) is 13.6. The van der Waals surface area contributed by atoms with E-state index in [1.54, 1.807) is 0 Å². The van der Waals surface area contributed by atoms with E-state index in [-0.39, 0.29) is 23.8 Å². The molecule has 148 valence electrons. The first-order chi connectivity index (χ1) is 13.0. The first-order valence-electron chi connectivity index (χ1n) is 7.68. The largest absolute Gasteiger partial charge is 0.461 e. The van der Waals surface area contributed by atoms with Crippen LogP contribution >= 0.6 is 0 Å². The third kappa shape index (κ3) is 3.44. The Labute approximate surface area is 153 Å². The van der Waals surface area contributed by atoms with Gasteiger partial charge in [0.1, 0.15) is 0 Å². The Balaban J connectivity index is 2.05. The van der Waals surface area contributed by atoms with Crippen LogP contribution in [0.15, 0.2) is 41.0 Å². The normalized spacial score (nSPS) is 12.4. The molecule has 7 nitrogen and oxygen atoms in total. The van der Waals surface area contributed by atoms with Crippen molar-refractivity contribution in [1.29, 1.82) is 0 Å². The van der Waals surface area contributed by atoms with Crippen molar-refractivity contribution >= 4 is 5.69 Å². The van der Waals surface area contributed by atoms with Gasteiger partial charge in [0.25, 0.3) is 5.69 Å². The van der Waals surface area contributed by atoms with Crippen LogP contribution in [0, 0.1) is 17.0 Å². The van der Waals surface area contributed by atoms with Gasteiger partial charge in [-0.15, -0.1) is 5.10 Å². The Bertz CT molecular complexity index is 1010. The van der Waals surface area contributed by atoms with Gasteiger partial charge in [0.15, 0.2) is 11.6 Å². The van der Waals surface area contributed by atoms with Crippen LogP contribution in [-0.2, 0) is 12.5 Å². The van der Waals surface area contributed by atoms with Crippen molar-refractivity contribution in [3.8, 4) is 11.6 Å². The molecular formula is C16H11F5N4O3. The molecule has 0 aliphatic rings. The molecule has 0 bridgehead atoms. The zero-order valence-corrected chi connectivity index (χ0v) is 14.1. The Kier molecular flexibility index (Phi) is 4.65. The summed E-state index contributed by atoms with van der Waals surface area (Å²) in [6, 6.07) is 6.70. The van der Waals surface area contributed by atoms with E-state index >= 15 is 0 Å². The molecule has 0 aliphatic carbocycles. The lowest BCUT2D eigenvalue weighted by molar-refractivity contribution is -0.385. The van der Waals surface area contributed by atoms with Crippen molar-refractivity contribution in [3.63, 3.8) is 0 Å². The van der Waals surface area contributed by atoms with Crippen molar-refractivity contribution < 1.29 is 31.3 Å². The van der Waals surface area contributed by atoms with E-state index in [1.165, 1.54) is 43.5 Å². The summed E-state index contributed by atoms with van der Waals surface area (Å²) in [5, 5.41) is 14.2. The van der Waals surface area contributed by atoms with Gasteiger partial charge in [0.2, 0.25) is 5.82 Å². The van der Waals surface area contributed by atoms with Crippen molar-refractivity contribution in [2.24, 2.45) is 0 Å². The maximum absolute atomic E-state index is 13.7. The summed E-state index contributed by atoms with van der Waals surface area (Å²) in [6.45, 7) is 1.22. The number of halogens is 5. The molecule has 28 heavy (non-hydrogen) atoms. The monoisotopic (exact) mass is 402 g/mol. The van der Waals surface area contributed by atoms with Crippen molar-refractivity contribution in [3.05, 3.63) is 63.7 Å². The van der Waals surface area contributed by atoms with Crippen LogP contribution in [-0.4, -0.2) is 25.9 Å². The lowest BCUT2D eigenvalue weighted by Crippen LogP contribution is -2.35. The molecule has 0 amide bonds. The summed E-state index contributed by atoms with van der Waals surface area (Å²) in [5.74, 6) is -7.37. The molecule has 3 rings (SSSR count). The predicted molar refractivity (Wildman–Crippen MR) is 84.6 cm³/mol.